The first kappa shape index (κ1) is 25.3. The van der Waals surface area contributed by atoms with Gasteiger partial charge in [0.25, 0.3) is 0 Å². The van der Waals surface area contributed by atoms with Crippen LogP contribution in [0.25, 0.3) is 10.9 Å². The molecule has 1 amide bonds. The van der Waals surface area contributed by atoms with Gasteiger partial charge in [-0.1, -0.05) is 17.7 Å². The number of hydrogen-bond donors (Lipinski definition) is 2. The maximum absolute atomic E-state index is 12.0. The fraction of sp³-hybridized carbons (Fsp3) is 0.214. The topological polar surface area (TPSA) is 118 Å². The van der Waals surface area contributed by atoms with Crippen LogP contribution in [0.1, 0.15) is 24.6 Å². The van der Waals surface area contributed by atoms with Crippen LogP contribution in [0.4, 0.5) is 17.1 Å². The van der Waals surface area contributed by atoms with E-state index in [0.717, 1.165) is 12.1 Å². The lowest BCUT2D eigenvalue weighted by Crippen LogP contribution is -2.18. The summed E-state index contributed by atoms with van der Waals surface area (Å²) in [7, 11) is 0. The second-order valence-corrected chi connectivity index (χ2v) is 9.07. The van der Waals surface area contributed by atoms with Gasteiger partial charge in [0.2, 0.25) is 5.91 Å². The maximum atomic E-state index is 12.0. The molecule has 192 valence electrons. The molecule has 10 heteroatoms. The fourth-order valence-electron chi connectivity index (χ4n) is 4.12. The minimum absolute atomic E-state index is 0.114. The quantitative estimate of drug-likeness (QED) is 0.302. The molecular formula is C28H24ClN5O4. The van der Waals surface area contributed by atoms with Crippen LogP contribution in [0.3, 0.4) is 0 Å². The third-order valence-electron chi connectivity index (χ3n) is 5.91. The highest BCUT2D eigenvalue weighted by Gasteiger charge is 2.22. The van der Waals surface area contributed by atoms with E-state index in [1.807, 2.05) is 24.3 Å². The van der Waals surface area contributed by atoms with Gasteiger partial charge in [-0.2, -0.15) is 5.26 Å². The zero-order chi connectivity index (χ0) is 26.5. The van der Waals surface area contributed by atoms with Crippen LogP contribution in [0.15, 0.2) is 60.9 Å². The first-order chi connectivity index (χ1) is 18.5. The number of halogens is 1. The van der Waals surface area contributed by atoms with Gasteiger partial charge >= 0.3 is 0 Å². The zero-order valence-electron chi connectivity index (χ0n) is 20.5. The molecule has 1 saturated heterocycles. The van der Waals surface area contributed by atoms with Crippen molar-refractivity contribution in [1.82, 2.24) is 9.97 Å². The molecule has 0 radical (unpaired) electrons. The van der Waals surface area contributed by atoms with Gasteiger partial charge in [0.05, 0.1) is 40.7 Å². The summed E-state index contributed by atoms with van der Waals surface area (Å²) in [5, 5.41) is 17.0. The second-order valence-electron chi connectivity index (χ2n) is 8.66. The molecule has 9 nitrogen and oxygen atoms in total. The smallest absolute Gasteiger partial charge is 0.221 e. The molecule has 5 rings (SSSR count). The van der Waals surface area contributed by atoms with Gasteiger partial charge in [-0.3, -0.25) is 14.8 Å². The number of ether oxygens (including phenoxy) is 3. The SMILES string of the molecule is CC(=O)Nc1c(OC2CCOC2)ccc2c(Nc3ccc(OCc4ccccn4)c(Cl)c3)c(C#N)cnc12. The summed E-state index contributed by atoms with van der Waals surface area (Å²) in [6, 6.07) is 16.6. The van der Waals surface area contributed by atoms with Crippen LogP contribution in [0.2, 0.25) is 5.02 Å². The lowest BCUT2D eigenvalue weighted by Gasteiger charge is -2.19. The van der Waals surface area contributed by atoms with Crippen molar-refractivity contribution in [1.29, 1.82) is 5.26 Å². The van der Waals surface area contributed by atoms with Gasteiger partial charge in [-0.05, 0) is 42.5 Å². The number of aromatic nitrogens is 2. The number of nitrogens with zero attached hydrogens (tertiary/aromatic N) is 3. The molecule has 1 unspecified atom stereocenters. The van der Waals surface area contributed by atoms with Crippen molar-refractivity contribution in [2.45, 2.75) is 26.1 Å². The average molecular weight is 530 g/mol. The Bertz CT molecular complexity index is 1520. The van der Waals surface area contributed by atoms with Crippen molar-refractivity contribution in [3.05, 3.63) is 77.2 Å². The highest BCUT2D eigenvalue weighted by Crippen LogP contribution is 2.39. The maximum Gasteiger partial charge on any atom is 0.221 e. The van der Waals surface area contributed by atoms with Crippen molar-refractivity contribution < 1.29 is 19.0 Å². The Balaban J connectivity index is 1.46. The van der Waals surface area contributed by atoms with Crippen LogP contribution in [-0.4, -0.2) is 35.2 Å². The second kappa shape index (κ2) is 11.3. The number of nitrogens with one attached hydrogen (secondary N) is 2. The Morgan fingerprint density at radius 2 is 2.05 bits per heavy atom. The van der Waals surface area contributed by atoms with E-state index in [9.17, 15) is 10.1 Å². The first-order valence-electron chi connectivity index (χ1n) is 12.0. The Kier molecular flexibility index (Phi) is 7.54. The van der Waals surface area contributed by atoms with Crippen LogP contribution < -0.4 is 20.1 Å². The van der Waals surface area contributed by atoms with Crippen molar-refractivity contribution in [3.63, 3.8) is 0 Å². The molecule has 1 atom stereocenters. The van der Waals surface area contributed by atoms with E-state index in [4.69, 9.17) is 25.8 Å². The van der Waals surface area contributed by atoms with Crippen LogP contribution in [0, 0.1) is 11.3 Å². The van der Waals surface area contributed by atoms with E-state index in [2.05, 4.69) is 26.7 Å². The summed E-state index contributed by atoms with van der Waals surface area (Å²) >= 11 is 6.50. The molecule has 2 aromatic carbocycles. The molecule has 1 fully saturated rings. The molecule has 0 bridgehead atoms. The summed E-state index contributed by atoms with van der Waals surface area (Å²) < 4.78 is 17.3. The van der Waals surface area contributed by atoms with E-state index in [0.29, 0.717) is 63.3 Å². The number of fused-ring (bicyclic) bond motifs is 1. The Hall–Kier alpha value is -4.39. The van der Waals surface area contributed by atoms with Gasteiger partial charge in [-0.15, -0.1) is 0 Å². The first-order valence-corrected chi connectivity index (χ1v) is 12.4. The molecule has 4 aromatic rings. The van der Waals surface area contributed by atoms with Gasteiger partial charge in [0.1, 0.15) is 36.0 Å². The van der Waals surface area contributed by atoms with Crippen molar-refractivity contribution in [2.75, 3.05) is 23.8 Å². The molecule has 3 heterocycles. The van der Waals surface area contributed by atoms with Crippen LogP contribution >= 0.6 is 11.6 Å². The molecule has 0 spiro atoms. The van der Waals surface area contributed by atoms with E-state index in [1.165, 1.54) is 13.1 Å². The molecule has 1 aliphatic heterocycles. The summed E-state index contributed by atoms with van der Waals surface area (Å²) in [4.78, 5) is 20.8. The summed E-state index contributed by atoms with van der Waals surface area (Å²) in [5.41, 5.74) is 3.21. The number of hydrogen-bond acceptors (Lipinski definition) is 8. The lowest BCUT2D eigenvalue weighted by molar-refractivity contribution is -0.114. The Morgan fingerprint density at radius 1 is 1.18 bits per heavy atom. The fourth-order valence-corrected chi connectivity index (χ4v) is 4.36. The predicted octanol–water partition coefficient (Wildman–Crippen LogP) is 5.60. The third-order valence-corrected chi connectivity index (χ3v) is 6.20. The van der Waals surface area contributed by atoms with Crippen LogP contribution in [0.5, 0.6) is 11.5 Å². The van der Waals surface area contributed by atoms with Gasteiger partial charge < -0.3 is 24.8 Å². The molecule has 2 aromatic heterocycles. The standard InChI is InChI=1S/C28H24ClN5O4/c1-17(35)33-28-25(38-21-9-11-36-16-21)8-6-22-26(18(13-30)14-32-27(22)28)34-19-5-7-24(23(29)12-19)37-15-20-4-2-3-10-31-20/h2-8,10,12,14,21H,9,11,15-16H2,1H3,(H,32,34)(H,33,35). The zero-order valence-corrected chi connectivity index (χ0v) is 21.3. The molecule has 0 saturated carbocycles. The van der Waals surface area contributed by atoms with E-state index >= 15 is 0 Å². The largest absolute Gasteiger partial charge is 0.486 e. The number of carbonyl (C=O) groups is 1. The highest BCUT2D eigenvalue weighted by atomic mass is 35.5. The lowest BCUT2D eigenvalue weighted by atomic mass is 10.1. The summed E-state index contributed by atoms with van der Waals surface area (Å²) in [6.45, 7) is 2.81. The molecule has 38 heavy (non-hydrogen) atoms. The highest BCUT2D eigenvalue weighted by molar-refractivity contribution is 6.32. The Morgan fingerprint density at radius 3 is 2.76 bits per heavy atom. The molecule has 2 N–H and O–H groups in total. The molecule has 0 aliphatic carbocycles. The predicted molar refractivity (Wildman–Crippen MR) is 144 cm³/mol. The van der Waals surface area contributed by atoms with E-state index in [1.54, 1.807) is 30.5 Å². The van der Waals surface area contributed by atoms with Crippen molar-refractivity contribution >= 4 is 45.5 Å². The van der Waals surface area contributed by atoms with Crippen molar-refractivity contribution in [3.8, 4) is 17.6 Å². The van der Waals surface area contributed by atoms with Gasteiger partial charge in [0, 0.05) is 36.8 Å². The van der Waals surface area contributed by atoms with E-state index < -0.39 is 0 Å². The molecule has 1 aliphatic rings. The normalized spacial score (nSPS) is 14.6. The van der Waals surface area contributed by atoms with Crippen LogP contribution in [-0.2, 0) is 16.1 Å². The number of anilines is 3. The summed E-state index contributed by atoms with van der Waals surface area (Å²) in [6.07, 6.45) is 3.81. The minimum Gasteiger partial charge on any atom is -0.486 e. The monoisotopic (exact) mass is 529 g/mol. The average Bonchev–Trinajstić information content (AvgIpc) is 3.43. The number of benzene rings is 2. The third kappa shape index (κ3) is 5.62. The van der Waals surface area contributed by atoms with E-state index in [-0.39, 0.29) is 18.6 Å². The number of amides is 1. The number of rotatable bonds is 8. The Labute approximate surface area is 224 Å². The van der Waals surface area contributed by atoms with Gasteiger partial charge in [-0.25, -0.2) is 0 Å². The minimum atomic E-state index is -0.265. The molecular weight excluding hydrogens is 506 g/mol. The van der Waals surface area contributed by atoms with Crippen molar-refractivity contribution in [2.24, 2.45) is 0 Å². The number of nitriles is 1. The summed E-state index contributed by atoms with van der Waals surface area (Å²) in [5.74, 6) is 0.733. The van der Waals surface area contributed by atoms with Gasteiger partial charge in [0.15, 0.2) is 0 Å². The number of carbonyl (C=O) groups excluding carboxylic acids is 1. The number of pyridine rings is 2.